The molecule has 1 heteroatoms. The summed E-state index contributed by atoms with van der Waals surface area (Å²) in [7, 11) is 0. The van der Waals surface area contributed by atoms with Crippen LogP contribution in [0.25, 0.3) is 21.9 Å². The minimum atomic E-state index is 0.360. The van der Waals surface area contributed by atoms with Crippen molar-refractivity contribution in [1.29, 1.82) is 0 Å². The molecule has 0 saturated heterocycles. The molecular weight excluding hydrogens is 292 g/mol. The highest BCUT2D eigenvalue weighted by molar-refractivity contribution is 6.00. The first kappa shape index (κ1) is 16.6. The number of aromatic hydroxyl groups is 1. The Morgan fingerprint density at radius 1 is 0.958 bits per heavy atom. The van der Waals surface area contributed by atoms with Crippen LogP contribution in [0.2, 0.25) is 0 Å². The van der Waals surface area contributed by atoms with Gasteiger partial charge in [0.15, 0.2) is 0 Å². The van der Waals surface area contributed by atoms with Crippen molar-refractivity contribution in [3.05, 3.63) is 65.2 Å². The van der Waals surface area contributed by atoms with E-state index in [0.29, 0.717) is 11.7 Å². The number of rotatable bonds is 4. The van der Waals surface area contributed by atoms with Crippen molar-refractivity contribution in [3.8, 4) is 16.9 Å². The molecule has 0 atom stereocenters. The van der Waals surface area contributed by atoms with Crippen LogP contribution in [0.1, 0.15) is 49.8 Å². The van der Waals surface area contributed by atoms with E-state index in [1.165, 1.54) is 27.5 Å². The maximum atomic E-state index is 10.8. The molecule has 0 bridgehead atoms. The van der Waals surface area contributed by atoms with Gasteiger partial charge in [0.1, 0.15) is 5.75 Å². The highest BCUT2D eigenvalue weighted by Gasteiger charge is 2.19. The first-order valence-corrected chi connectivity index (χ1v) is 8.87. The Morgan fingerprint density at radius 3 is 2.42 bits per heavy atom. The van der Waals surface area contributed by atoms with E-state index in [1.54, 1.807) is 0 Å². The number of hydrogen-bond donors (Lipinski definition) is 1. The van der Waals surface area contributed by atoms with Crippen LogP contribution in [0.15, 0.2) is 48.5 Å². The molecule has 3 rings (SSSR count). The van der Waals surface area contributed by atoms with E-state index in [-0.39, 0.29) is 0 Å². The van der Waals surface area contributed by atoms with Crippen molar-refractivity contribution in [3.63, 3.8) is 0 Å². The molecule has 0 fully saturated rings. The summed E-state index contributed by atoms with van der Waals surface area (Å²) in [5.41, 5.74) is 5.86. The lowest BCUT2D eigenvalue weighted by Gasteiger charge is -2.20. The van der Waals surface area contributed by atoms with Crippen LogP contribution in [0.4, 0.5) is 0 Å². The lowest BCUT2D eigenvalue weighted by molar-refractivity contribution is 0.476. The van der Waals surface area contributed by atoms with Crippen LogP contribution in [0, 0.1) is 6.92 Å². The Bertz CT molecular complexity index is 875. The summed E-state index contributed by atoms with van der Waals surface area (Å²) in [5, 5.41) is 13.3. The van der Waals surface area contributed by atoms with Gasteiger partial charge in [-0.25, -0.2) is 0 Å². The highest BCUT2D eigenvalue weighted by atomic mass is 16.3. The van der Waals surface area contributed by atoms with Gasteiger partial charge in [0.25, 0.3) is 0 Å². The third-order valence-electron chi connectivity index (χ3n) is 4.70. The summed E-state index contributed by atoms with van der Waals surface area (Å²) in [5.74, 6) is 0.756. The number of phenolic OH excluding ortho intramolecular Hbond substituents is 1. The predicted molar refractivity (Wildman–Crippen MR) is 104 cm³/mol. The van der Waals surface area contributed by atoms with Crippen LogP contribution in [-0.4, -0.2) is 5.11 Å². The maximum Gasteiger partial charge on any atom is 0.123 e. The quantitative estimate of drug-likeness (QED) is 0.575. The monoisotopic (exact) mass is 318 g/mol. The van der Waals surface area contributed by atoms with Gasteiger partial charge in [-0.2, -0.15) is 0 Å². The van der Waals surface area contributed by atoms with Gasteiger partial charge in [-0.15, -0.1) is 0 Å². The zero-order chi connectivity index (χ0) is 17.3. The van der Waals surface area contributed by atoms with Crippen molar-refractivity contribution in [2.75, 3.05) is 0 Å². The first-order valence-electron chi connectivity index (χ1n) is 8.87. The average Bonchev–Trinajstić information content (AvgIpc) is 2.55. The third-order valence-corrected chi connectivity index (χ3v) is 4.70. The maximum absolute atomic E-state index is 10.8. The minimum absolute atomic E-state index is 0.360. The molecule has 0 radical (unpaired) electrons. The van der Waals surface area contributed by atoms with Crippen LogP contribution in [0.3, 0.4) is 0 Å². The number of aryl methyl sites for hydroxylation is 2. The summed E-state index contributed by atoms with van der Waals surface area (Å²) >= 11 is 0. The van der Waals surface area contributed by atoms with Crippen LogP contribution < -0.4 is 0 Å². The second kappa shape index (κ2) is 6.68. The largest absolute Gasteiger partial charge is 0.507 e. The lowest BCUT2D eigenvalue weighted by Crippen LogP contribution is -1.99. The Balaban J connectivity index is 2.43. The summed E-state index contributed by atoms with van der Waals surface area (Å²) in [6, 6.07) is 17.0. The summed E-state index contributed by atoms with van der Waals surface area (Å²) in [6.45, 7) is 8.65. The lowest BCUT2D eigenvalue weighted by atomic mass is 9.84. The van der Waals surface area contributed by atoms with E-state index in [2.05, 4.69) is 63.2 Å². The van der Waals surface area contributed by atoms with Gasteiger partial charge in [0, 0.05) is 5.56 Å². The van der Waals surface area contributed by atoms with Crippen molar-refractivity contribution >= 4 is 10.8 Å². The number of benzene rings is 3. The molecule has 1 nitrogen and oxygen atoms in total. The van der Waals surface area contributed by atoms with E-state index in [4.69, 9.17) is 0 Å². The van der Waals surface area contributed by atoms with Gasteiger partial charge >= 0.3 is 0 Å². The summed E-state index contributed by atoms with van der Waals surface area (Å²) < 4.78 is 0. The van der Waals surface area contributed by atoms with Gasteiger partial charge in [0.05, 0.1) is 0 Å². The molecular formula is C23H26O. The molecule has 0 unspecified atom stereocenters. The second-order valence-corrected chi connectivity index (χ2v) is 6.97. The standard InChI is InChI=1S/C23H26O/c1-5-8-18-12-11-17-9-6-7-10-19(17)22(18)23-20(15(2)3)13-16(4)14-21(23)24/h6-7,9-15,24H,5,8H2,1-4H3. The normalized spacial score (nSPS) is 11.4. The number of phenols is 1. The molecule has 124 valence electrons. The van der Waals surface area contributed by atoms with Crippen molar-refractivity contribution in [2.24, 2.45) is 0 Å². The molecule has 0 spiro atoms. The Labute approximate surface area is 145 Å². The molecule has 3 aromatic carbocycles. The average molecular weight is 318 g/mol. The minimum Gasteiger partial charge on any atom is -0.507 e. The Kier molecular flexibility index (Phi) is 4.62. The molecule has 0 saturated carbocycles. The van der Waals surface area contributed by atoms with Crippen LogP contribution in [-0.2, 0) is 6.42 Å². The molecule has 24 heavy (non-hydrogen) atoms. The van der Waals surface area contributed by atoms with Crippen molar-refractivity contribution in [2.45, 2.75) is 46.5 Å². The van der Waals surface area contributed by atoms with Crippen molar-refractivity contribution in [1.82, 2.24) is 0 Å². The zero-order valence-electron chi connectivity index (χ0n) is 15.1. The van der Waals surface area contributed by atoms with E-state index in [0.717, 1.165) is 24.0 Å². The van der Waals surface area contributed by atoms with E-state index >= 15 is 0 Å². The Morgan fingerprint density at radius 2 is 1.71 bits per heavy atom. The number of fused-ring (bicyclic) bond motifs is 1. The summed E-state index contributed by atoms with van der Waals surface area (Å²) in [6.07, 6.45) is 2.11. The van der Waals surface area contributed by atoms with E-state index in [1.807, 2.05) is 13.0 Å². The molecule has 0 aliphatic rings. The van der Waals surface area contributed by atoms with Gasteiger partial charge in [-0.1, -0.05) is 69.7 Å². The van der Waals surface area contributed by atoms with Gasteiger partial charge in [0.2, 0.25) is 0 Å². The fourth-order valence-electron chi connectivity index (χ4n) is 3.61. The van der Waals surface area contributed by atoms with Crippen LogP contribution >= 0.6 is 0 Å². The van der Waals surface area contributed by atoms with Gasteiger partial charge in [-0.05, 0) is 58.4 Å². The molecule has 0 aromatic heterocycles. The smallest absolute Gasteiger partial charge is 0.123 e. The zero-order valence-corrected chi connectivity index (χ0v) is 15.1. The SMILES string of the molecule is CCCc1ccc2ccccc2c1-c1c(O)cc(C)cc1C(C)C. The van der Waals surface area contributed by atoms with E-state index < -0.39 is 0 Å². The molecule has 0 heterocycles. The highest BCUT2D eigenvalue weighted by Crippen LogP contribution is 2.43. The van der Waals surface area contributed by atoms with Gasteiger partial charge < -0.3 is 5.11 Å². The summed E-state index contributed by atoms with van der Waals surface area (Å²) in [4.78, 5) is 0. The molecule has 1 N–H and O–H groups in total. The van der Waals surface area contributed by atoms with E-state index in [9.17, 15) is 5.11 Å². The first-order chi connectivity index (χ1) is 11.5. The molecule has 0 aliphatic carbocycles. The van der Waals surface area contributed by atoms with Crippen molar-refractivity contribution < 1.29 is 5.11 Å². The molecule has 3 aromatic rings. The van der Waals surface area contributed by atoms with Gasteiger partial charge in [-0.3, -0.25) is 0 Å². The second-order valence-electron chi connectivity index (χ2n) is 6.97. The topological polar surface area (TPSA) is 20.2 Å². The van der Waals surface area contributed by atoms with Crippen LogP contribution in [0.5, 0.6) is 5.75 Å². The molecule has 0 aliphatic heterocycles. The predicted octanol–water partition coefficient (Wildman–Crippen LogP) is 6.60. The third kappa shape index (κ3) is 2.91. The molecule has 0 amide bonds. The Hall–Kier alpha value is -2.28. The fraction of sp³-hybridized carbons (Fsp3) is 0.304. The number of hydrogen-bond acceptors (Lipinski definition) is 1. The fourth-order valence-corrected chi connectivity index (χ4v) is 3.61.